The molecule has 1 aromatic rings. The van der Waals surface area contributed by atoms with E-state index in [0.29, 0.717) is 36.7 Å². The molecule has 1 fully saturated rings. The van der Waals surface area contributed by atoms with E-state index in [4.69, 9.17) is 21.4 Å². The Bertz CT molecular complexity index is 550. The largest absolute Gasteiger partial charge is 0.489 e. The molecule has 0 saturated carbocycles. The third kappa shape index (κ3) is 5.32. The zero-order valence-electron chi connectivity index (χ0n) is 13.0. The number of likely N-dealkylation sites (tertiary alicyclic amines) is 1. The minimum absolute atomic E-state index is 0.208. The Morgan fingerprint density at radius 2 is 2.13 bits per heavy atom. The first-order valence-electron chi connectivity index (χ1n) is 7.63. The predicted molar refractivity (Wildman–Crippen MR) is 86.9 cm³/mol. The maximum Gasteiger partial charge on any atom is 0.317 e. The van der Waals surface area contributed by atoms with Crippen molar-refractivity contribution in [2.24, 2.45) is 5.92 Å². The van der Waals surface area contributed by atoms with Crippen LogP contribution in [0.5, 0.6) is 5.75 Å². The number of hydrogen-bond donors (Lipinski definition) is 2. The number of hydrogen-bond acceptors (Lipinski definition) is 3. The smallest absolute Gasteiger partial charge is 0.317 e. The topological polar surface area (TPSA) is 78.9 Å². The Labute approximate surface area is 140 Å². The molecule has 1 aromatic carbocycles. The van der Waals surface area contributed by atoms with Crippen molar-refractivity contribution in [1.82, 2.24) is 10.2 Å². The van der Waals surface area contributed by atoms with E-state index in [0.717, 1.165) is 0 Å². The highest BCUT2D eigenvalue weighted by Crippen LogP contribution is 2.18. The lowest BCUT2D eigenvalue weighted by atomic mass is 9.99. The van der Waals surface area contributed by atoms with Crippen molar-refractivity contribution in [2.75, 3.05) is 19.6 Å². The Morgan fingerprint density at radius 3 is 2.78 bits per heavy atom. The highest BCUT2D eigenvalue weighted by molar-refractivity contribution is 6.30. The number of benzene rings is 1. The molecule has 2 atom stereocenters. The number of carboxylic acid groups (broad SMARTS) is 1. The van der Waals surface area contributed by atoms with Gasteiger partial charge in [-0.3, -0.25) is 4.79 Å². The number of halogens is 1. The number of piperidine rings is 1. The molecule has 1 heterocycles. The van der Waals surface area contributed by atoms with E-state index in [2.05, 4.69) is 5.32 Å². The maximum atomic E-state index is 12.1. The van der Waals surface area contributed by atoms with Crippen LogP contribution in [0.3, 0.4) is 0 Å². The van der Waals surface area contributed by atoms with Crippen LogP contribution in [-0.2, 0) is 4.79 Å². The molecule has 1 saturated heterocycles. The first-order valence-corrected chi connectivity index (χ1v) is 8.01. The molecule has 0 aromatic heterocycles. The number of aliphatic carboxylic acids is 1. The van der Waals surface area contributed by atoms with Gasteiger partial charge in [-0.05, 0) is 44.0 Å². The Balaban J connectivity index is 1.77. The summed E-state index contributed by atoms with van der Waals surface area (Å²) in [6.07, 6.45) is 1.12. The summed E-state index contributed by atoms with van der Waals surface area (Å²) in [6.45, 7) is 3.04. The lowest BCUT2D eigenvalue weighted by Crippen LogP contribution is -2.48. The zero-order valence-corrected chi connectivity index (χ0v) is 13.8. The summed E-state index contributed by atoms with van der Waals surface area (Å²) < 4.78 is 5.68. The Morgan fingerprint density at radius 1 is 1.43 bits per heavy atom. The normalized spacial score (nSPS) is 19.0. The third-order valence-electron chi connectivity index (χ3n) is 3.75. The van der Waals surface area contributed by atoms with E-state index in [-0.39, 0.29) is 18.7 Å². The van der Waals surface area contributed by atoms with Crippen molar-refractivity contribution in [3.05, 3.63) is 29.3 Å². The van der Waals surface area contributed by atoms with E-state index < -0.39 is 11.9 Å². The van der Waals surface area contributed by atoms with E-state index in [9.17, 15) is 9.59 Å². The van der Waals surface area contributed by atoms with E-state index in [1.165, 1.54) is 0 Å². The molecule has 1 unspecified atom stereocenters. The highest BCUT2D eigenvalue weighted by atomic mass is 35.5. The van der Waals surface area contributed by atoms with Crippen LogP contribution in [0, 0.1) is 5.92 Å². The molecular weight excluding hydrogens is 320 g/mol. The van der Waals surface area contributed by atoms with Crippen molar-refractivity contribution >= 4 is 23.6 Å². The van der Waals surface area contributed by atoms with Gasteiger partial charge in [-0.2, -0.15) is 0 Å². The van der Waals surface area contributed by atoms with E-state index in [1.54, 1.807) is 29.2 Å². The number of urea groups is 1. The van der Waals surface area contributed by atoms with Crippen LogP contribution in [0.25, 0.3) is 0 Å². The second kappa shape index (κ2) is 8.06. The van der Waals surface area contributed by atoms with Gasteiger partial charge in [0.05, 0.1) is 12.5 Å². The number of amides is 2. The number of carbonyl (C=O) groups is 2. The second-order valence-corrected chi connectivity index (χ2v) is 6.13. The number of carboxylic acids is 1. The summed E-state index contributed by atoms with van der Waals surface area (Å²) in [5.74, 6) is -0.640. The lowest BCUT2D eigenvalue weighted by Gasteiger charge is -2.31. The fraction of sp³-hybridized carbons (Fsp3) is 0.500. The quantitative estimate of drug-likeness (QED) is 0.863. The fourth-order valence-corrected chi connectivity index (χ4v) is 2.62. The van der Waals surface area contributed by atoms with Gasteiger partial charge in [-0.25, -0.2) is 4.79 Å². The molecule has 0 bridgehead atoms. The van der Waals surface area contributed by atoms with Gasteiger partial charge < -0.3 is 20.1 Å². The molecule has 2 rings (SSSR count). The van der Waals surface area contributed by atoms with Crippen LogP contribution in [0.4, 0.5) is 4.79 Å². The van der Waals surface area contributed by atoms with Crippen molar-refractivity contribution in [1.29, 1.82) is 0 Å². The predicted octanol–water partition coefficient (Wildman–Crippen LogP) is 2.61. The second-order valence-electron chi connectivity index (χ2n) is 5.69. The van der Waals surface area contributed by atoms with Gasteiger partial charge in [0, 0.05) is 18.1 Å². The average molecular weight is 341 g/mol. The molecule has 2 amide bonds. The lowest BCUT2D eigenvalue weighted by molar-refractivity contribution is -0.143. The Kier molecular flexibility index (Phi) is 6.10. The van der Waals surface area contributed by atoms with Crippen molar-refractivity contribution in [3.8, 4) is 5.75 Å². The van der Waals surface area contributed by atoms with Gasteiger partial charge in [0.15, 0.2) is 0 Å². The molecule has 126 valence electrons. The maximum absolute atomic E-state index is 12.1. The van der Waals surface area contributed by atoms with E-state index >= 15 is 0 Å². The first-order chi connectivity index (χ1) is 11.0. The SMILES string of the molecule is C[C@@H](CNC(=O)N1CCCC(C(=O)O)C1)Oc1ccc(Cl)cc1. The number of rotatable bonds is 5. The van der Waals surface area contributed by atoms with Crippen LogP contribution in [0.1, 0.15) is 19.8 Å². The van der Waals surface area contributed by atoms with Gasteiger partial charge in [0.25, 0.3) is 0 Å². The summed E-state index contributed by atoms with van der Waals surface area (Å²) >= 11 is 5.81. The van der Waals surface area contributed by atoms with Crippen LogP contribution >= 0.6 is 11.6 Å². The third-order valence-corrected chi connectivity index (χ3v) is 4.00. The Hall–Kier alpha value is -1.95. The van der Waals surface area contributed by atoms with Gasteiger partial charge >= 0.3 is 12.0 Å². The molecule has 1 aliphatic heterocycles. The molecule has 6 nitrogen and oxygen atoms in total. The molecular formula is C16H21ClN2O4. The van der Waals surface area contributed by atoms with Crippen molar-refractivity contribution < 1.29 is 19.4 Å². The van der Waals surface area contributed by atoms with Crippen LogP contribution in [0.15, 0.2) is 24.3 Å². The summed E-state index contributed by atoms with van der Waals surface area (Å²) in [5.41, 5.74) is 0. The van der Waals surface area contributed by atoms with Crippen LogP contribution < -0.4 is 10.1 Å². The van der Waals surface area contributed by atoms with Gasteiger partial charge in [-0.1, -0.05) is 11.6 Å². The van der Waals surface area contributed by atoms with E-state index in [1.807, 2.05) is 6.92 Å². The molecule has 2 N–H and O–H groups in total. The summed E-state index contributed by atoms with van der Waals surface area (Å²) in [7, 11) is 0. The van der Waals surface area contributed by atoms with Crippen molar-refractivity contribution in [3.63, 3.8) is 0 Å². The summed E-state index contributed by atoms with van der Waals surface area (Å²) in [6, 6.07) is 6.76. The molecule has 7 heteroatoms. The molecule has 23 heavy (non-hydrogen) atoms. The highest BCUT2D eigenvalue weighted by Gasteiger charge is 2.28. The zero-order chi connectivity index (χ0) is 16.8. The fourth-order valence-electron chi connectivity index (χ4n) is 2.49. The average Bonchev–Trinajstić information content (AvgIpc) is 2.55. The minimum atomic E-state index is -0.845. The summed E-state index contributed by atoms with van der Waals surface area (Å²) in [5, 5.41) is 12.5. The minimum Gasteiger partial charge on any atom is -0.489 e. The monoisotopic (exact) mass is 340 g/mol. The van der Waals surface area contributed by atoms with Crippen molar-refractivity contribution in [2.45, 2.75) is 25.9 Å². The number of nitrogens with zero attached hydrogens (tertiary/aromatic N) is 1. The molecule has 0 spiro atoms. The molecule has 1 aliphatic rings. The number of carbonyl (C=O) groups excluding carboxylic acids is 1. The van der Waals surface area contributed by atoms with Crippen LogP contribution in [0.2, 0.25) is 5.02 Å². The van der Waals surface area contributed by atoms with Gasteiger partial charge in [-0.15, -0.1) is 0 Å². The van der Waals surface area contributed by atoms with Crippen LogP contribution in [-0.4, -0.2) is 47.7 Å². The summed E-state index contributed by atoms with van der Waals surface area (Å²) in [4.78, 5) is 24.7. The first kappa shape index (κ1) is 17.4. The molecule has 0 radical (unpaired) electrons. The van der Waals surface area contributed by atoms with Gasteiger partial charge in [0.1, 0.15) is 11.9 Å². The van der Waals surface area contributed by atoms with Gasteiger partial charge in [0.2, 0.25) is 0 Å². The number of ether oxygens (including phenoxy) is 1. The molecule has 0 aliphatic carbocycles. The number of nitrogens with one attached hydrogen (secondary N) is 1. The standard InChI is InChI=1S/C16H21ClN2O4/c1-11(23-14-6-4-13(17)5-7-14)9-18-16(22)19-8-2-3-12(10-19)15(20)21/h4-7,11-12H,2-3,8-10H2,1H3,(H,18,22)(H,20,21)/t11-,12?/m0/s1.